The largest absolute Gasteiger partial charge is 0.502 e. The molecule has 1 aromatic rings. The Morgan fingerprint density at radius 3 is 2.71 bits per heavy atom. The fraction of sp³-hybridized carbons (Fsp3) is 0.667. The van der Waals surface area contributed by atoms with E-state index in [2.05, 4.69) is 4.90 Å². The van der Waals surface area contributed by atoms with E-state index in [1.807, 2.05) is 6.07 Å². The molecule has 3 aliphatic rings. The maximum absolute atomic E-state index is 11.0. The van der Waals surface area contributed by atoms with Crippen LogP contribution in [0.1, 0.15) is 30.4 Å². The first kappa shape index (κ1) is 16.0. The lowest BCUT2D eigenvalue weighted by atomic mass is 9.62. The zero-order valence-corrected chi connectivity index (χ0v) is 14.4. The van der Waals surface area contributed by atoms with Gasteiger partial charge < -0.3 is 24.4 Å². The smallest absolute Gasteiger partial charge is 0.201 e. The van der Waals surface area contributed by atoms with Crippen LogP contribution in [0.4, 0.5) is 0 Å². The topological polar surface area (TPSA) is 71.4 Å². The van der Waals surface area contributed by atoms with Gasteiger partial charge in [0.15, 0.2) is 11.5 Å². The van der Waals surface area contributed by atoms with Gasteiger partial charge in [-0.1, -0.05) is 0 Å². The van der Waals surface area contributed by atoms with E-state index in [9.17, 15) is 10.2 Å². The molecule has 5 atom stereocenters. The van der Waals surface area contributed by atoms with Gasteiger partial charge in [-0.05, 0) is 30.9 Å². The summed E-state index contributed by atoms with van der Waals surface area (Å²) in [6, 6.07) is 2.15. The van der Waals surface area contributed by atoms with Crippen LogP contribution in [0.3, 0.4) is 0 Å². The van der Waals surface area contributed by atoms with Crippen molar-refractivity contribution in [2.75, 3.05) is 27.9 Å². The number of nitrogens with zero attached hydrogens (tertiary/aromatic N) is 1. The van der Waals surface area contributed by atoms with Gasteiger partial charge in [0.05, 0.1) is 26.4 Å². The number of ether oxygens (including phenoxy) is 3. The average molecular weight is 335 g/mol. The van der Waals surface area contributed by atoms with Crippen molar-refractivity contribution in [3.05, 3.63) is 17.2 Å². The zero-order chi connectivity index (χ0) is 17.1. The van der Waals surface area contributed by atoms with Crippen molar-refractivity contribution < 1.29 is 24.4 Å². The van der Waals surface area contributed by atoms with Crippen LogP contribution < -0.4 is 9.47 Å². The van der Waals surface area contributed by atoms with Crippen molar-refractivity contribution in [1.29, 1.82) is 0 Å². The highest BCUT2D eigenvalue weighted by atomic mass is 16.5. The van der Waals surface area contributed by atoms with Gasteiger partial charge in [0.2, 0.25) is 5.75 Å². The second kappa shape index (κ2) is 5.51. The minimum Gasteiger partial charge on any atom is -0.502 e. The summed E-state index contributed by atoms with van der Waals surface area (Å²) in [5.41, 5.74) is 1.70. The van der Waals surface area contributed by atoms with Gasteiger partial charge in [-0.2, -0.15) is 0 Å². The molecule has 0 spiro atoms. The van der Waals surface area contributed by atoms with Gasteiger partial charge in [-0.3, -0.25) is 4.90 Å². The van der Waals surface area contributed by atoms with Gasteiger partial charge >= 0.3 is 0 Å². The molecule has 6 nitrogen and oxygen atoms in total. The number of hydrogen-bond acceptors (Lipinski definition) is 6. The van der Waals surface area contributed by atoms with Crippen molar-refractivity contribution in [1.82, 2.24) is 4.90 Å². The highest BCUT2D eigenvalue weighted by Crippen LogP contribution is 2.57. The molecular weight excluding hydrogens is 310 g/mol. The summed E-state index contributed by atoms with van der Waals surface area (Å²) >= 11 is 0. The molecule has 2 bridgehead atoms. The molecule has 1 aliphatic carbocycles. The van der Waals surface area contributed by atoms with Crippen molar-refractivity contribution >= 4 is 0 Å². The highest BCUT2D eigenvalue weighted by Gasteiger charge is 2.60. The monoisotopic (exact) mass is 335 g/mol. The molecule has 1 aromatic carbocycles. The van der Waals surface area contributed by atoms with E-state index in [0.717, 1.165) is 30.4 Å². The number of phenols is 1. The molecule has 0 radical (unpaired) electrons. The number of aliphatic hydroxyl groups is 1. The standard InChI is InChI=1S/C18H25NO5/c1-22-10-4-5-18-12-7-13(23-2)16(21)17(24-3)11(12)8-19(9-15(18)20)14(18)6-10/h7,10,14-15,20-21H,4-6,8-9H2,1-3H3. The SMILES string of the molecule is COc1cc2c(c(OC)c1O)CN1CC(O)C23CCC(OC)CC13. The lowest BCUT2D eigenvalue weighted by molar-refractivity contribution is -0.00743. The Kier molecular flexibility index (Phi) is 3.67. The number of aromatic hydroxyl groups is 1. The summed E-state index contributed by atoms with van der Waals surface area (Å²) in [5, 5.41) is 21.4. The van der Waals surface area contributed by atoms with Crippen molar-refractivity contribution in [3.63, 3.8) is 0 Å². The van der Waals surface area contributed by atoms with E-state index in [1.165, 1.54) is 7.11 Å². The van der Waals surface area contributed by atoms with E-state index >= 15 is 0 Å². The van der Waals surface area contributed by atoms with Crippen LogP contribution >= 0.6 is 0 Å². The Balaban J connectivity index is 1.91. The molecule has 24 heavy (non-hydrogen) atoms. The lowest BCUT2D eigenvalue weighted by Gasteiger charge is -2.49. The third-order valence-electron chi connectivity index (χ3n) is 6.35. The molecule has 2 N–H and O–H groups in total. The van der Waals surface area contributed by atoms with Crippen LogP contribution in [0.5, 0.6) is 17.2 Å². The predicted octanol–water partition coefficient (Wildman–Crippen LogP) is 1.40. The molecule has 1 saturated carbocycles. The van der Waals surface area contributed by atoms with Crippen LogP contribution in [0.15, 0.2) is 6.07 Å². The third kappa shape index (κ3) is 1.87. The first-order valence-corrected chi connectivity index (χ1v) is 8.49. The normalized spacial score (nSPS) is 36.8. The van der Waals surface area contributed by atoms with Crippen LogP contribution in [-0.2, 0) is 16.7 Å². The van der Waals surface area contributed by atoms with E-state index < -0.39 is 6.10 Å². The van der Waals surface area contributed by atoms with Gasteiger partial charge in [0.25, 0.3) is 0 Å². The Hall–Kier alpha value is -1.50. The lowest BCUT2D eigenvalue weighted by Crippen LogP contribution is -2.54. The fourth-order valence-electron chi connectivity index (χ4n) is 5.22. The first-order chi connectivity index (χ1) is 11.6. The molecule has 0 amide bonds. The minimum atomic E-state index is -0.430. The van der Waals surface area contributed by atoms with Crippen LogP contribution in [0.2, 0.25) is 0 Å². The van der Waals surface area contributed by atoms with Crippen molar-refractivity contribution in [3.8, 4) is 17.2 Å². The first-order valence-electron chi connectivity index (χ1n) is 8.49. The van der Waals surface area contributed by atoms with E-state index in [0.29, 0.717) is 24.6 Å². The molecule has 2 aliphatic heterocycles. The van der Waals surface area contributed by atoms with Crippen molar-refractivity contribution in [2.24, 2.45) is 0 Å². The summed E-state index contributed by atoms with van der Waals surface area (Å²) in [4.78, 5) is 2.31. The molecule has 132 valence electrons. The maximum atomic E-state index is 11.0. The zero-order valence-electron chi connectivity index (χ0n) is 14.4. The summed E-state index contributed by atoms with van der Waals surface area (Å²) in [7, 11) is 4.86. The van der Waals surface area contributed by atoms with E-state index in [1.54, 1.807) is 14.2 Å². The second-order valence-corrected chi connectivity index (χ2v) is 7.12. The molecule has 2 heterocycles. The average Bonchev–Trinajstić information content (AvgIpc) is 2.81. The minimum absolute atomic E-state index is 0.0364. The third-order valence-corrected chi connectivity index (χ3v) is 6.35. The number of fused-ring (bicyclic) bond motifs is 1. The number of aliphatic hydroxyl groups excluding tert-OH is 1. The number of benzene rings is 1. The highest BCUT2D eigenvalue weighted by molar-refractivity contribution is 5.62. The quantitative estimate of drug-likeness (QED) is 0.870. The van der Waals surface area contributed by atoms with Crippen LogP contribution in [0.25, 0.3) is 0 Å². The molecule has 4 rings (SSSR count). The summed E-state index contributed by atoms with van der Waals surface area (Å²) in [5.74, 6) is 0.907. The summed E-state index contributed by atoms with van der Waals surface area (Å²) in [6.45, 7) is 1.30. The Morgan fingerprint density at radius 1 is 1.25 bits per heavy atom. The Bertz CT molecular complexity index is 663. The van der Waals surface area contributed by atoms with Gasteiger partial charge in [-0.25, -0.2) is 0 Å². The number of methoxy groups -OCH3 is 3. The van der Waals surface area contributed by atoms with E-state index in [4.69, 9.17) is 14.2 Å². The summed E-state index contributed by atoms with van der Waals surface area (Å²) in [6.07, 6.45) is 2.50. The molecule has 0 aromatic heterocycles. The molecule has 1 saturated heterocycles. The van der Waals surface area contributed by atoms with Crippen LogP contribution in [0, 0.1) is 0 Å². The van der Waals surface area contributed by atoms with Gasteiger partial charge in [0.1, 0.15) is 0 Å². The molecule has 2 fully saturated rings. The molecular formula is C18H25NO5. The maximum Gasteiger partial charge on any atom is 0.201 e. The Labute approximate surface area is 141 Å². The number of phenolic OH excluding ortho intramolecular Hbond substituents is 1. The Morgan fingerprint density at radius 2 is 2.04 bits per heavy atom. The molecule has 5 unspecified atom stereocenters. The predicted molar refractivity (Wildman–Crippen MR) is 87.7 cm³/mol. The van der Waals surface area contributed by atoms with Gasteiger partial charge in [0, 0.05) is 37.2 Å². The molecule has 6 heteroatoms. The second-order valence-electron chi connectivity index (χ2n) is 7.12. The fourth-order valence-corrected chi connectivity index (χ4v) is 5.22. The summed E-state index contributed by atoms with van der Waals surface area (Å²) < 4.78 is 16.5. The van der Waals surface area contributed by atoms with Gasteiger partial charge in [-0.15, -0.1) is 0 Å². The van der Waals surface area contributed by atoms with E-state index in [-0.39, 0.29) is 23.3 Å². The number of hydrogen-bond donors (Lipinski definition) is 2. The van der Waals surface area contributed by atoms with Crippen molar-refractivity contribution in [2.45, 2.75) is 49.5 Å². The van der Waals surface area contributed by atoms with Crippen LogP contribution in [-0.4, -0.2) is 61.2 Å². The number of rotatable bonds is 3.